The van der Waals surface area contributed by atoms with Gasteiger partial charge in [-0.05, 0) is 30.3 Å². The summed E-state index contributed by atoms with van der Waals surface area (Å²) in [5.74, 6) is -0.601. The molecule has 0 aliphatic rings. The van der Waals surface area contributed by atoms with E-state index < -0.39 is 15.7 Å². The minimum absolute atomic E-state index is 0.0582. The molecule has 2 aromatic carbocycles. The lowest BCUT2D eigenvalue weighted by Gasteiger charge is -2.20. The van der Waals surface area contributed by atoms with E-state index in [9.17, 15) is 13.2 Å². The molecule has 30 heavy (non-hydrogen) atoms. The molecule has 0 aliphatic carbocycles. The van der Waals surface area contributed by atoms with E-state index in [0.29, 0.717) is 23.1 Å². The lowest BCUT2D eigenvalue weighted by Crippen LogP contribution is -2.26. The van der Waals surface area contributed by atoms with Gasteiger partial charge in [0, 0.05) is 30.3 Å². The van der Waals surface area contributed by atoms with E-state index >= 15 is 0 Å². The van der Waals surface area contributed by atoms with Crippen LogP contribution in [0.25, 0.3) is 11.0 Å². The zero-order valence-electron chi connectivity index (χ0n) is 17.6. The van der Waals surface area contributed by atoms with Crippen LogP contribution in [0, 0.1) is 0 Å². The molecule has 6 nitrogen and oxygen atoms in total. The maximum absolute atomic E-state index is 12.9. The second-order valence-electron chi connectivity index (χ2n) is 7.39. The molecule has 0 unspecified atom stereocenters. The van der Waals surface area contributed by atoms with Crippen LogP contribution < -0.4 is 5.32 Å². The van der Waals surface area contributed by atoms with Gasteiger partial charge in [0.05, 0.1) is 5.75 Å². The Kier molecular flexibility index (Phi) is 6.95. The molecule has 0 bridgehead atoms. The lowest BCUT2D eigenvalue weighted by atomic mass is 10.1. The fourth-order valence-corrected chi connectivity index (χ4v) is 4.33. The number of nitrogens with one attached hydrogen (secondary N) is 1. The van der Waals surface area contributed by atoms with Gasteiger partial charge in [0.1, 0.15) is 5.58 Å². The maximum atomic E-state index is 12.9. The first-order valence-corrected chi connectivity index (χ1v) is 12.1. The summed E-state index contributed by atoms with van der Waals surface area (Å²) in [6.45, 7) is 7.29. The smallest absolute Gasteiger partial charge is 0.287 e. The molecule has 7 heteroatoms. The van der Waals surface area contributed by atoms with Gasteiger partial charge in [0.15, 0.2) is 15.6 Å². The first-order valence-electron chi connectivity index (χ1n) is 10.1. The maximum Gasteiger partial charge on any atom is 0.287 e. The number of benzene rings is 2. The molecule has 1 heterocycles. The van der Waals surface area contributed by atoms with E-state index in [4.69, 9.17) is 4.42 Å². The van der Waals surface area contributed by atoms with Crippen LogP contribution in [0.4, 0.5) is 0 Å². The zero-order chi connectivity index (χ0) is 21.7. The summed E-state index contributed by atoms with van der Waals surface area (Å²) >= 11 is 0. The van der Waals surface area contributed by atoms with Gasteiger partial charge >= 0.3 is 0 Å². The van der Waals surface area contributed by atoms with Crippen molar-refractivity contribution in [2.24, 2.45) is 0 Å². The highest BCUT2D eigenvalue weighted by Gasteiger charge is 2.23. The summed E-state index contributed by atoms with van der Waals surface area (Å²) in [5, 5.41) is 3.55. The molecule has 0 saturated carbocycles. The third-order valence-corrected chi connectivity index (χ3v) is 5.97. The summed E-state index contributed by atoms with van der Waals surface area (Å²) < 4.78 is 29.6. The van der Waals surface area contributed by atoms with E-state index in [1.165, 1.54) is 0 Å². The molecular formula is C23H28N2O4S. The Labute approximate surface area is 177 Å². The van der Waals surface area contributed by atoms with Gasteiger partial charge in [0.2, 0.25) is 0 Å². The quantitative estimate of drug-likeness (QED) is 0.561. The fourth-order valence-electron chi connectivity index (χ4n) is 3.52. The Balaban J connectivity index is 1.84. The average Bonchev–Trinajstić information content (AvgIpc) is 3.08. The number of amides is 1. The third-order valence-electron chi connectivity index (χ3n) is 5.16. The first-order chi connectivity index (χ1) is 14.3. The van der Waals surface area contributed by atoms with Crippen molar-refractivity contribution < 1.29 is 17.6 Å². The number of para-hydroxylation sites is 1. The Morgan fingerprint density at radius 3 is 2.30 bits per heavy atom. The van der Waals surface area contributed by atoms with Crippen molar-refractivity contribution in [1.82, 2.24) is 10.2 Å². The first kappa shape index (κ1) is 22.1. The molecule has 0 fully saturated rings. The Bertz CT molecular complexity index is 1130. The number of nitrogens with zero attached hydrogens (tertiary/aromatic N) is 1. The summed E-state index contributed by atoms with van der Waals surface area (Å²) in [6, 6.07) is 15.1. The van der Waals surface area contributed by atoms with E-state index in [2.05, 4.69) is 30.1 Å². The molecule has 0 atom stereocenters. The number of hydrogen-bond donors (Lipinski definition) is 1. The molecule has 0 radical (unpaired) electrons. The summed E-state index contributed by atoms with van der Waals surface area (Å²) in [5.41, 5.74) is 3.09. The van der Waals surface area contributed by atoms with Gasteiger partial charge in [0.25, 0.3) is 5.91 Å². The van der Waals surface area contributed by atoms with Crippen LogP contribution in [0.2, 0.25) is 0 Å². The van der Waals surface area contributed by atoms with Crippen LogP contribution in [0.3, 0.4) is 0 Å². The van der Waals surface area contributed by atoms with Crippen molar-refractivity contribution in [3.05, 3.63) is 71.0 Å². The van der Waals surface area contributed by atoms with Crippen LogP contribution in [0.1, 0.15) is 41.1 Å². The number of carbonyl (C=O) groups is 1. The highest BCUT2D eigenvalue weighted by atomic mass is 32.2. The highest BCUT2D eigenvalue weighted by Crippen LogP contribution is 2.27. The summed E-state index contributed by atoms with van der Waals surface area (Å²) in [7, 11) is -3.33. The predicted octanol–water partition coefficient (Wildman–Crippen LogP) is 3.75. The molecule has 160 valence electrons. The predicted molar refractivity (Wildman–Crippen MR) is 119 cm³/mol. The number of fused-ring (bicyclic) bond motifs is 1. The topological polar surface area (TPSA) is 79.6 Å². The Morgan fingerprint density at radius 1 is 1.00 bits per heavy atom. The second kappa shape index (κ2) is 9.45. The summed E-state index contributed by atoms with van der Waals surface area (Å²) in [6.07, 6.45) is 1.15. The number of hydrogen-bond acceptors (Lipinski definition) is 5. The number of carbonyl (C=O) groups excluding carboxylic acids is 1. The normalized spacial score (nSPS) is 11.9. The SMILES string of the molecule is CCN(CC)Cc1ccccc1CNC(=O)c1oc2ccccc2c1CS(C)(=O)=O. The Morgan fingerprint density at radius 2 is 1.63 bits per heavy atom. The molecule has 3 aromatic rings. The van der Waals surface area contributed by atoms with Crippen molar-refractivity contribution in [3.63, 3.8) is 0 Å². The molecule has 0 saturated heterocycles. The van der Waals surface area contributed by atoms with Crippen molar-refractivity contribution in [2.45, 2.75) is 32.7 Å². The van der Waals surface area contributed by atoms with Gasteiger partial charge in [-0.1, -0.05) is 56.3 Å². The van der Waals surface area contributed by atoms with Crippen LogP contribution in [-0.4, -0.2) is 38.6 Å². The third kappa shape index (κ3) is 5.29. The van der Waals surface area contributed by atoms with Crippen molar-refractivity contribution in [1.29, 1.82) is 0 Å². The van der Waals surface area contributed by atoms with Gasteiger partial charge < -0.3 is 9.73 Å². The summed E-state index contributed by atoms with van der Waals surface area (Å²) in [4.78, 5) is 15.2. The zero-order valence-corrected chi connectivity index (χ0v) is 18.5. The molecule has 1 N–H and O–H groups in total. The minimum Gasteiger partial charge on any atom is -0.451 e. The molecular weight excluding hydrogens is 400 g/mol. The molecule has 3 rings (SSSR count). The molecule has 1 aromatic heterocycles. The van der Waals surface area contributed by atoms with Crippen LogP contribution >= 0.6 is 0 Å². The molecule has 0 aliphatic heterocycles. The van der Waals surface area contributed by atoms with E-state index in [-0.39, 0.29) is 11.5 Å². The number of rotatable bonds is 9. The van der Waals surface area contributed by atoms with Gasteiger partial charge in [-0.25, -0.2) is 8.42 Å². The van der Waals surface area contributed by atoms with Gasteiger partial charge in [-0.3, -0.25) is 9.69 Å². The lowest BCUT2D eigenvalue weighted by molar-refractivity contribution is 0.0924. The van der Waals surface area contributed by atoms with E-state index in [1.807, 2.05) is 18.2 Å². The minimum atomic E-state index is -3.33. The van der Waals surface area contributed by atoms with Gasteiger partial charge in [-0.15, -0.1) is 0 Å². The van der Waals surface area contributed by atoms with Crippen molar-refractivity contribution in [2.75, 3.05) is 19.3 Å². The van der Waals surface area contributed by atoms with E-state index in [0.717, 1.165) is 37.0 Å². The second-order valence-corrected chi connectivity index (χ2v) is 9.53. The number of furan rings is 1. The monoisotopic (exact) mass is 428 g/mol. The van der Waals surface area contributed by atoms with Crippen LogP contribution in [0.5, 0.6) is 0 Å². The highest BCUT2D eigenvalue weighted by molar-refractivity contribution is 7.89. The van der Waals surface area contributed by atoms with Crippen LogP contribution in [0.15, 0.2) is 52.9 Å². The standard InChI is InChI=1S/C23H28N2O4S/c1-4-25(5-2)15-18-11-7-6-10-17(18)14-24-23(26)22-20(16-30(3,27)28)19-12-8-9-13-21(19)29-22/h6-13H,4-5,14-16H2,1-3H3,(H,24,26). The largest absolute Gasteiger partial charge is 0.451 e. The van der Waals surface area contributed by atoms with Crippen LogP contribution in [-0.2, 0) is 28.7 Å². The fraction of sp³-hybridized carbons (Fsp3) is 0.348. The Hall–Kier alpha value is -2.64. The van der Waals surface area contributed by atoms with Gasteiger partial charge in [-0.2, -0.15) is 0 Å². The molecule has 1 amide bonds. The average molecular weight is 429 g/mol. The number of sulfone groups is 1. The van der Waals surface area contributed by atoms with Crippen molar-refractivity contribution in [3.8, 4) is 0 Å². The van der Waals surface area contributed by atoms with Crippen molar-refractivity contribution >= 4 is 26.7 Å². The van der Waals surface area contributed by atoms with E-state index in [1.54, 1.807) is 24.3 Å². The molecule has 0 spiro atoms.